The lowest BCUT2D eigenvalue weighted by molar-refractivity contribution is -0.118. The Labute approximate surface area is 114 Å². The molecule has 0 aromatic heterocycles. The zero-order chi connectivity index (χ0) is 14.5. The SMILES string of the molecule is CCCCN(CC(N)=O)S(=O)(=O)c1ccc(C)cc1. The van der Waals surface area contributed by atoms with Gasteiger partial charge in [0.1, 0.15) is 0 Å². The summed E-state index contributed by atoms with van der Waals surface area (Å²) < 4.78 is 25.9. The lowest BCUT2D eigenvalue weighted by atomic mass is 10.2. The monoisotopic (exact) mass is 284 g/mol. The van der Waals surface area contributed by atoms with Crippen LogP contribution >= 0.6 is 0 Å². The van der Waals surface area contributed by atoms with E-state index in [2.05, 4.69) is 0 Å². The summed E-state index contributed by atoms with van der Waals surface area (Å²) in [6, 6.07) is 6.56. The smallest absolute Gasteiger partial charge is 0.243 e. The maximum Gasteiger partial charge on any atom is 0.243 e. The molecule has 0 bridgehead atoms. The number of unbranched alkanes of at least 4 members (excludes halogenated alkanes) is 1. The Hall–Kier alpha value is -1.40. The van der Waals surface area contributed by atoms with Crippen LogP contribution in [0, 0.1) is 6.92 Å². The zero-order valence-electron chi connectivity index (χ0n) is 11.3. The fraction of sp³-hybridized carbons (Fsp3) is 0.462. The number of carbonyl (C=O) groups is 1. The van der Waals surface area contributed by atoms with Gasteiger partial charge in [-0.15, -0.1) is 0 Å². The number of nitrogens with two attached hydrogens (primary N) is 1. The predicted molar refractivity (Wildman–Crippen MR) is 74.0 cm³/mol. The van der Waals surface area contributed by atoms with Gasteiger partial charge in [-0.3, -0.25) is 4.79 Å². The molecule has 0 aliphatic rings. The van der Waals surface area contributed by atoms with Crippen molar-refractivity contribution in [3.8, 4) is 0 Å². The Kier molecular flexibility index (Phi) is 5.50. The standard InChI is InChI=1S/C13H20N2O3S/c1-3-4-9-15(10-13(14)16)19(17,18)12-7-5-11(2)6-8-12/h5-8H,3-4,9-10H2,1-2H3,(H2,14,16). The van der Waals surface area contributed by atoms with Crippen LogP contribution in [-0.4, -0.2) is 31.7 Å². The number of carbonyl (C=O) groups excluding carboxylic acids is 1. The highest BCUT2D eigenvalue weighted by Crippen LogP contribution is 2.16. The Morgan fingerprint density at radius 3 is 2.32 bits per heavy atom. The van der Waals surface area contributed by atoms with Crippen LogP contribution < -0.4 is 5.73 Å². The molecule has 1 rings (SSSR count). The van der Waals surface area contributed by atoms with Crippen molar-refractivity contribution in [1.82, 2.24) is 4.31 Å². The van der Waals surface area contributed by atoms with Gasteiger partial charge in [0.05, 0.1) is 11.4 Å². The van der Waals surface area contributed by atoms with E-state index in [4.69, 9.17) is 5.73 Å². The fourth-order valence-electron chi connectivity index (χ4n) is 1.65. The van der Waals surface area contributed by atoms with E-state index < -0.39 is 15.9 Å². The molecule has 106 valence electrons. The minimum absolute atomic E-state index is 0.190. The first-order valence-electron chi connectivity index (χ1n) is 6.23. The molecule has 0 fully saturated rings. The molecule has 0 radical (unpaired) electrons. The Bertz CT molecular complexity index is 523. The number of benzene rings is 1. The topological polar surface area (TPSA) is 80.5 Å². The second-order valence-corrected chi connectivity index (χ2v) is 6.41. The van der Waals surface area contributed by atoms with Gasteiger partial charge in [-0.1, -0.05) is 31.0 Å². The summed E-state index contributed by atoms with van der Waals surface area (Å²) in [4.78, 5) is 11.2. The number of aryl methyl sites for hydroxylation is 1. The first-order valence-corrected chi connectivity index (χ1v) is 7.67. The number of sulfonamides is 1. The van der Waals surface area contributed by atoms with E-state index >= 15 is 0 Å². The van der Waals surface area contributed by atoms with E-state index in [9.17, 15) is 13.2 Å². The zero-order valence-corrected chi connectivity index (χ0v) is 12.1. The Morgan fingerprint density at radius 2 is 1.84 bits per heavy atom. The van der Waals surface area contributed by atoms with Crippen LogP contribution in [-0.2, 0) is 14.8 Å². The summed E-state index contributed by atoms with van der Waals surface area (Å²) in [6.45, 7) is 3.86. The third kappa shape index (κ3) is 4.33. The maximum absolute atomic E-state index is 12.4. The highest BCUT2D eigenvalue weighted by atomic mass is 32.2. The second kappa shape index (κ2) is 6.68. The van der Waals surface area contributed by atoms with Crippen LogP contribution in [0.4, 0.5) is 0 Å². The molecule has 0 aliphatic carbocycles. The highest BCUT2D eigenvalue weighted by molar-refractivity contribution is 7.89. The number of hydrogen-bond acceptors (Lipinski definition) is 3. The number of rotatable bonds is 7. The molecular weight excluding hydrogens is 264 g/mol. The largest absolute Gasteiger partial charge is 0.369 e. The first-order chi connectivity index (χ1) is 8.87. The molecule has 5 nitrogen and oxygen atoms in total. The minimum Gasteiger partial charge on any atom is -0.369 e. The van der Waals surface area contributed by atoms with Crippen LogP contribution in [0.5, 0.6) is 0 Å². The average Bonchev–Trinajstić information content (AvgIpc) is 2.34. The number of primary amides is 1. The van der Waals surface area contributed by atoms with Gasteiger partial charge in [0, 0.05) is 6.54 Å². The summed E-state index contributed by atoms with van der Waals surface area (Å²) in [6.07, 6.45) is 1.54. The van der Waals surface area contributed by atoms with E-state index in [1.54, 1.807) is 24.3 Å². The van der Waals surface area contributed by atoms with Crippen LogP contribution in [0.25, 0.3) is 0 Å². The van der Waals surface area contributed by atoms with Gasteiger partial charge < -0.3 is 5.73 Å². The summed E-state index contributed by atoms with van der Waals surface area (Å²) in [5.41, 5.74) is 6.10. The molecule has 6 heteroatoms. The van der Waals surface area contributed by atoms with Crippen molar-refractivity contribution in [1.29, 1.82) is 0 Å². The molecular formula is C13H20N2O3S. The van der Waals surface area contributed by atoms with Gasteiger partial charge in [0.15, 0.2) is 0 Å². The molecule has 0 aliphatic heterocycles. The van der Waals surface area contributed by atoms with Crippen molar-refractivity contribution in [3.05, 3.63) is 29.8 Å². The van der Waals surface area contributed by atoms with Gasteiger partial charge in [-0.05, 0) is 25.5 Å². The van der Waals surface area contributed by atoms with Crippen molar-refractivity contribution in [2.45, 2.75) is 31.6 Å². The number of amides is 1. The normalized spacial score (nSPS) is 11.7. The van der Waals surface area contributed by atoms with Gasteiger partial charge in [0.2, 0.25) is 15.9 Å². The van der Waals surface area contributed by atoms with Crippen LogP contribution in [0.2, 0.25) is 0 Å². The van der Waals surface area contributed by atoms with Crippen LogP contribution in [0.15, 0.2) is 29.2 Å². The summed E-state index contributed by atoms with van der Waals surface area (Å²) in [5, 5.41) is 0. The minimum atomic E-state index is -3.65. The third-order valence-electron chi connectivity index (χ3n) is 2.75. The summed E-state index contributed by atoms with van der Waals surface area (Å²) >= 11 is 0. The van der Waals surface area contributed by atoms with Gasteiger partial charge in [-0.2, -0.15) is 4.31 Å². The van der Waals surface area contributed by atoms with E-state index in [-0.39, 0.29) is 11.4 Å². The van der Waals surface area contributed by atoms with Gasteiger partial charge >= 0.3 is 0 Å². The molecule has 0 saturated carbocycles. The van der Waals surface area contributed by atoms with E-state index in [0.29, 0.717) is 13.0 Å². The molecule has 1 aromatic rings. The number of nitrogens with zero attached hydrogens (tertiary/aromatic N) is 1. The van der Waals surface area contributed by atoms with Crippen LogP contribution in [0.1, 0.15) is 25.3 Å². The van der Waals surface area contributed by atoms with E-state index in [0.717, 1.165) is 16.3 Å². The highest BCUT2D eigenvalue weighted by Gasteiger charge is 2.25. The first kappa shape index (κ1) is 15.7. The molecule has 0 spiro atoms. The summed E-state index contributed by atoms with van der Waals surface area (Å²) in [5.74, 6) is -0.646. The molecule has 1 amide bonds. The lowest BCUT2D eigenvalue weighted by Crippen LogP contribution is -2.39. The van der Waals surface area contributed by atoms with Crippen molar-refractivity contribution in [2.24, 2.45) is 5.73 Å². The molecule has 2 N–H and O–H groups in total. The molecule has 0 saturated heterocycles. The maximum atomic E-state index is 12.4. The molecule has 0 unspecified atom stereocenters. The second-order valence-electron chi connectivity index (χ2n) is 4.47. The predicted octanol–water partition coefficient (Wildman–Crippen LogP) is 1.27. The fourth-order valence-corrected chi connectivity index (χ4v) is 3.10. The summed E-state index contributed by atoms with van der Waals surface area (Å²) in [7, 11) is -3.65. The van der Waals surface area contributed by atoms with Gasteiger partial charge in [-0.25, -0.2) is 8.42 Å². The van der Waals surface area contributed by atoms with Crippen molar-refractivity contribution in [3.63, 3.8) is 0 Å². The van der Waals surface area contributed by atoms with E-state index in [1.165, 1.54) is 0 Å². The number of hydrogen-bond donors (Lipinski definition) is 1. The lowest BCUT2D eigenvalue weighted by Gasteiger charge is -2.20. The molecule has 19 heavy (non-hydrogen) atoms. The van der Waals surface area contributed by atoms with Gasteiger partial charge in [0.25, 0.3) is 0 Å². The Morgan fingerprint density at radius 1 is 1.26 bits per heavy atom. The molecule has 0 atom stereocenters. The van der Waals surface area contributed by atoms with Crippen molar-refractivity contribution in [2.75, 3.05) is 13.1 Å². The quantitative estimate of drug-likeness (QED) is 0.818. The third-order valence-corrected chi connectivity index (χ3v) is 4.61. The molecule has 0 heterocycles. The molecule has 1 aromatic carbocycles. The average molecular weight is 284 g/mol. The van der Waals surface area contributed by atoms with Crippen LogP contribution in [0.3, 0.4) is 0 Å². The van der Waals surface area contributed by atoms with Crippen molar-refractivity contribution < 1.29 is 13.2 Å². The van der Waals surface area contributed by atoms with Crippen molar-refractivity contribution >= 4 is 15.9 Å². The van der Waals surface area contributed by atoms with E-state index in [1.807, 2.05) is 13.8 Å². The Balaban J connectivity index is 3.03.